The van der Waals surface area contributed by atoms with Crippen LogP contribution in [0.3, 0.4) is 0 Å². The summed E-state index contributed by atoms with van der Waals surface area (Å²) in [6.07, 6.45) is 3.82. The average molecular weight is 285 g/mol. The van der Waals surface area contributed by atoms with Crippen LogP contribution in [0.4, 0.5) is 5.69 Å². The Bertz CT molecular complexity index is 546. The van der Waals surface area contributed by atoms with Gasteiger partial charge in [-0.3, -0.25) is 9.59 Å². The van der Waals surface area contributed by atoms with Crippen molar-refractivity contribution in [2.24, 2.45) is 0 Å². The zero-order valence-electron chi connectivity index (χ0n) is 12.0. The van der Waals surface area contributed by atoms with Gasteiger partial charge in [-0.1, -0.05) is 18.6 Å². The van der Waals surface area contributed by atoms with Crippen LogP contribution in [0.15, 0.2) is 24.3 Å². The van der Waals surface area contributed by atoms with Crippen LogP contribution in [0, 0.1) is 11.3 Å². The van der Waals surface area contributed by atoms with E-state index in [2.05, 4.69) is 11.4 Å². The van der Waals surface area contributed by atoms with Gasteiger partial charge in [-0.15, -0.1) is 0 Å². The molecule has 1 fully saturated rings. The van der Waals surface area contributed by atoms with E-state index >= 15 is 0 Å². The van der Waals surface area contributed by atoms with E-state index in [4.69, 9.17) is 5.26 Å². The third-order valence-corrected chi connectivity index (χ3v) is 3.53. The number of anilines is 1. The first-order chi connectivity index (χ1) is 10.2. The molecule has 2 rings (SSSR count). The fraction of sp³-hybridized carbons (Fsp3) is 0.438. The summed E-state index contributed by atoms with van der Waals surface area (Å²) in [4.78, 5) is 25.5. The van der Waals surface area contributed by atoms with Gasteiger partial charge in [-0.25, -0.2) is 0 Å². The molecule has 5 nitrogen and oxygen atoms in total. The van der Waals surface area contributed by atoms with Gasteiger partial charge in [0.15, 0.2) is 0 Å². The lowest BCUT2D eigenvalue weighted by molar-refractivity contribution is -0.134. The van der Waals surface area contributed by atoms with E-state index < -0.39 is 0 Å². The van der Waals surface area contributed by atoms with Crippen LogP contribution in [-0.2, 0) is 16.0 Å². The Morgan fingerprint density at radius 2 is 2.00 bits per heavy atom. The van der Waals surface area contributed by atoms with E-state index in [1.807, 2.05) is 12.1 Å². The number of nitrogens with zero attached hydrogens (tertiary/aromatic N) is 2. The highest BCUT2D eigenvalue weighted by molar-refractivity contribution is 5.94. The molecule has 0 aromatic heterocycles. The van der Waals surface area contributed by atoms with E-state index in [1.54, 1.807) is 17.0 Å². The number of hydrogen-bond donors (Lipinski definition) is 1. The number of amides is 2. The molecule has 21 heavy (non-hydrogen) atoms. The maximum atomic E-state index is 12.0. The highest BCUT2D eigenvalue weighted by Crippen LogP contribution is 2.12. The highest BCUT2D eigenvalue weighted by atomic mass is 16.2. The standard InChI is InChI=1S/C16H19N3O2/c17-10-9-13-5-7-14(8-6-13)18-15(20)12-19-11-3-1-2-4-16(19)21/h5-8H,1-4,9,11-12H2,(H,18,20). The Balaban J connectivity index is 1.88. The zero-order valence-corrected chi connectivity index (χ0v) is 12.0. The van der Waals surface area contributed by atoms with Gasteiger partial charge in [0, 0.05) is 18.7 Å². The van der Waals surface area contributed by atoms with Gasteiger partial charge in [-0.2, -0.15) is 5.26 Å². The lowest BCUT2D eigenvalue weighted by Crippen LogP contribution is -2.37. The molecule has 1 aliphatic rings. The number of nitriles is 1. The summed E-state index contributed by atoms with van der Waals surface area (Å²) in [6, 6.07) is 9.25. The largest absolute Gasteiger partial charge is 0.333 e. The molecule has 0 atom stereocenters. The van der Waals surface area contributed by atoms with Crippen molar-refractivity contribution in [3.8, 4) is 6.07 Å². The van der Waals surface area contributed by atoms with Crippen molar-refractivity contribution in [2.75, 3.05) is 18.4 Å². The molecule has 1 aromatic rings. The van der Waals surface area contributed by atoms with Crippen molar-refractivity contribution in [3.63, 3.8) is 0 Å². The van der Waals surface area contributed by atoms with E-state index in [9.17, 15) is 9.59 Å². The highest BCUT2D eigenvalue weighted by Gasteiger charge is 2.19. The molecular formula is C16H19N3O2. The molecule has 1 heterocycles. The maximum Gasteiger partial charge on any atom is 0.243 e. The summed E-state index contributed by atoms with van der Waals surface area (Å²) in [7, 11) is 0. The van der Waals surface area contributed by atoms with Crippen molar-refractivity contribution in [3.05, 3.63) is 29.8 Å². The summed E-state index contributed by atoms with van der Waals surface area (Å²) in [5.74, 6) is -0.120. The molecule has 0 radical (unpaired) electrons. The molecule has 2 amide bonds. The first kappa shape index (κ1) is 15.0. The molecule has 110 valence electrons. The Labute approximate surface area is 124 Å². The first-order valence-corrected chi connectivity index (χ1v) is 7.22. The number of carbonyl (C=O) groups excluding carboxylic acids is 2. The number of nitrogens with one attached hydrogen (secondary N) is 1. The maximum absolute atomic E-state index is 12.0. The molecule has 0 unspecified atom stereocenters. The van der Waals surface area contributed by atoms with Crippen LogP contribution in [0.2, 0.25) is 0 Å². The van der Waals surface area contributed by atoms with Crippen LogP contribution < -0.4 is 5.32 Å². The minimum Gasteiger partial charge on any atom is -0.333 e. The second kappa shape index (κ2) is 7.44. The Kier molecular flexibility index (Phi) is 5.33. The van der Waals surface area contributed by atoms with E-state index in [1.165, 1.54) is 0 Å². The van der Waals surface area contributed by atoms with Crippen molar-refractivity contribution in [1.82, 2.24) is 4.90 Å². The minimum atomic E-state index is -0.182. The summed E-state index contributed by atoms with van der Waals surface area (Å²) < 4.78 is 0. The summed E-state index contributed by atoms with van der Waals surface area (Å²) in [6.45, 7) is 0.770. The predicted molar refractivity (Wildman–Crippen MR) is 79.4 cm³/mol. The lowest BCUT2D eigenvalue weighted by Gasteiger charge is -2.19. The molecule has 0 saturated carbocycles. The summed E-state index contributed by atoms with van der Waals surface area (Å²) >= 11 is 0. The fourth-order valence-corrected chi connectivity index (χ4v) is 2.38. The lowest BCUT2D eigenvalue weighted by atomic mass is 10.1. The second-order valence-corrected chi connectivity index (χ2v) is 5.21. The molecule has 0 aliphatic carbocycles. The Morgan fingerprint density at radius 1 is 1.24 bits per heavy atom. The normalized spacial score (nSPS) is 15.2. The molecule has 1 saturated heterocycles. The number of rotatable bonds is 4. The van der Waals surface area contributed by atoms with Crippen LogP contribution in [0.25, 0.3) is 0 Å². The number of benzene rings is 1. The van der Waals surface area contributed by atoms with Crippen LogP contribution in [0.5, 0.6) is 0 Å². The van der Waals surface area contributed by atoms with Gasteiger partial charge in [0.25, 0.3) is 0 Å². The van der Waals surface area contributed by atoms with Crippen molar-refractivity contribution >= 4 is 17.5 Å². The SMILES string of the molecule is N#CCc1ccc(NC(=O)CN2CCCCCC2=O)cc1. The van der Waals surface area contributed by atoms with Gasteiger partial charge in [0.2, 0.25) is 11.8 Å². The first-order valence-electron chi connectivity index (χ1n) is 7.22. The fourth-order valence-electron chi connectivity index (χ4n) is 2.38. The number of hydrogen-bond acceptors (Lipinski definition) is 3. The molecule has 5 heteroatoms. The molecule has 1 N–H and O–H groups in total. The topological polar surface area (TPSA) is 73.2 Å². The third kappa shape index (κ3) is 4.60. The monoisotopic (exact) mass is 285 g/mol. The predicted octanol–water partition coefficient (Wildman–Crippen LogP) is 2.09. The second-order valence-electron chi connectivity index (χ2n) is 5.21. The number of carbonyl (C=O) groups is 2. The van der Waals surface area contributed by atoms with E-state index in [0.717, 1.165) is 24.8 Å². The Morgan fingerprint density at radius 3 is 2.71 bits per heavy atom. The molecule has 1 aromatic carbocycles. The van der Waals surface area contributed by atoms with Crippen LogP contribution in [-0.4, -0.2) is 29.8 Å². The summed E-state index contributed by atoms with van der Waals surface area (Å²) in [5, 5.41) is 11.4. The Hall–Kier alpha value is -2.35. The van der Waals surface area contributed by atoms with Crippen molar-refractivity contribution in [2.45, 2.75) is 32.1 Å². The molecule has 1 aliphatic heterocycles. The zero-order chi connectivity index (χ0) is 15.1. The van der Waals surface area contributed by atoms with Crippen LogP contribution in [0.1, 0.15) is 31.2 Å². The average Bonchev–Trinajstić information content (AvgIpc) is 2.67. The van der Waals surface area contributed by atoms with Gasteiger partial charge in [-0.05, 0) is 30.5 Å². The van der Waals surface area contributed by atoms with Crippen LogP contribution >= 0.6 is 0 Å². The van der Waals surface area contributed by atoms with Crippen molar-refractivity contribution in [1.29, 1.82) is 5.26 Å². The molecular weight excluding hydrogens is 266 g/mol. The van der Waals surface area contributed by atoms with Gasteiger partial charge >= 0.3 is 0 Å². The quantitative estimate of drug-likeness (QED) is 0.920. The van der Waals surface area contributed by atoms with E-state index in [-0.39, 0.29) is 18.4 Å². The molecule has 0 bridgehead atoms. The van der Waals surface area contributed by atoms with Gasteiger partial charge < -0.3 is 10.2 Å². The van der Waals surface area contributed by atoms with Gasteiger partial charge in [0.05, 0.1) is 19.0 Å². The molecule has 0 spiro atoms. The number of likely N-dealkylation sites (tertiary alicyclic amines) is 1. The minimum absolute atomic E-state index is 0.0621. The third-order valence-electron chi connectivity index (χ3n) is 3.53. The van der Waals surface area contributed by atoms with E-state index in [0.29, 0.717) is 25.1 Å². The summed E-state index contributed by atoms with van der Waals surface area (Å²) in [5.41, 5.74) is 1.60. The van der Waals surface area contributed by atoms with Crippen molar-refractivity contribution < 1.29 is 9.59 Å². The smallest absolute Gasteiger partial charge is 0.243 e. The van der Waals surface area contributed by atoms with Gasteiger partial charge in [0.1, 0.15) is 0 Å².